The van der Waals surface area contributed by atoms with E-state index in [2.05, 4.69) is 35.3 Å². The van der Waals surface area contributed by atoms with Crippen LogP contribution in [0, 0.1) is 11.3 Å². The van der Waals surface area contributed by atoms with E-state index in [0.717, 1.165) is 31.7 Å². The molecule has 1 aliphatic rings. The zero-order valence-corrected chi connectivity index (χ0v) is 12.4. The number of hydrogen-bond acceptors (Lipinski definition) is 3. The SMILES string of the molecule is CCCCC[C@@H](c1ccc(C#N)cc1)N1CCNCC1. The molecule has 1 heterocycles. The molecular formula is C17H25N3. The van der Waals surface area contributed by atoms with E-state index in [1.165, 1.54) is 31.2 Å². The molecule has 0 spiro atoms. The van der Waals surface area contributed by atoms with Crippen LogP contribution in [0.3, 0.4) is 0 Å². The fourth-order valence-corrected chi connectivity index (χ4v) is 2.92. The molecule has 0 aliphatic carbocycles. The molecule has 1 aromatic rings. The number of benzene rings is 1. The zero-order chi connectivity index (χ0) is 14.2. The summed E-state index contributed by atoms with van der Waals surface area (Å²) in [6.45, 7) is 6.66. The third kappa shape index (κ3) is 4.06. The Hall–Kier alpha value is -1.37. The van der Waals surface area contributed by atoms with Crippen molar-refractivity contribution >= 4 is 0 Å². The Balaban J connectivity index is 2.08. The fourth-order valence-electron chi connectivity index (χ4n) is 2.92. The van der Waals surface area contributed by atoms with Gasteiger partial charge < -0.3 is 5.32 Å². The molecule has 0 unspecified atom stereocenters. The summed E-state index contributed by atoms with van der Waals surface area (Å²) in [7, 11) is 0. The first kappa shape index (κ1) is 15.0. The molecule has 2 rings (SSSR count). The minimum atomic E-state index is 0.511. The van der Waals surface area contributed by atoms with Crippen LogP contribution in [0.5, 0.6) is 0 Å². The first-order valence-electron chi connectivity index (χ1n) is 7.80. The summed E-state index contributed by atoms with van der Waals surface area (Å²) < 4.78 is 0. The summed E-state index contributed by atoms with van der Waals surface area (Å²) in [5.41, 5.74) is 2.11. The molecule has 1 fully saturated rings. The molecule has 3 nitrogen and oxygen atoms in total. The van der Waals surface area contributed by atoms with Gasteiger partial charge in [0.2, 0.25) is 0 Å². The molecule has 108 valence electrons. The monoisotopic (exact) mass is 271 g/mol. The van der Waals surface area contributed by atoms with Gasteiger partial charge in [-0.25, -0.2) is 0 Å². The van der Waals surface area contributed by atoms with Crippen molar-refractivity contribution in [1.29, 1.82) is 5.26 Å². The van der Waals surface area contributed by atoms with E-state index in [9.17, 15) is 0 Å². The molecule has 0 saturated carbocycles. The number of piperazine rings is 1. The van der Waals surface area contributed by atoms with E-state index in [0.29, 0.717) is 6.04 Å². The van der Waals surface area contributed by atoms with Crippen LogP contribution in [0.4, 0.5) is 0 Å². The Labute approximate surface area is 122 Å². The van der Waals surface area contributed by atoms with Crippen LogP contribution in [-0.2, 0) is 0 Å². The fraction of sp³-hybridized carbons (Fsp3) is 0.588. The standard InChI is InChI=1S/C17H25N3/c1-2-3-4-5-17(20-12-10-19-11-13-20)16-8-6-15(14-18)7-9-16/h6-9,17,19H,2-5,10-13H2,1H3/t17-/m0/s1. The maximum atomic E-state index is 8.92. The summed E-state index contributed by atoms with van der Waals surface area (Å²) >= 11 is 0. The van der Waals surface area contributed by atoms with E-state index in [1.807, 2.05) is 12.1 Å². The van der Waals surface area contributed by atoms with E-state index >= 15 is 0 Å². The highest BCUT2D eigenvalue weighted by atomic mass is 15.2. The third-order valence-corrected chi connectivity index (χ3v) is 4.10. The molecule has 1 aliphatic heterocycles. The van der Waals surface area contributed by atoms with Crippen LogP contribution in [0.2, 0.25) is 0 Å². The molecule has 0 bridgehead atoms. The summed E-state index contributed by atoms with van der Waals surface area (Å²) in [5, 5.41) is 12.3. The van der Waals surface area contributed by atoms with E-state index in [4.69, 9.17) is 5.26 Å². The number of rotatable bonds is 6. The summed E-state index contributed by atoms with van der Waals surface area (Å²) in [4.78, 5) is 2.59. The van der Waals surface area contributed by atoms with Gasteiger partial charge in [-0.2, -0.15) is 5.26 Å². The van der Waals surface area contributed by atoms with E-state index in [1.54, 1.807) is 0 Å². The lowest BCUT2D eigenvalue weighted by Crippen LogP contribution is -2.45. The van der Waals surface area contributed by atoms with Crippen LogP contribution in [0.15, 0.2) is 24.3 Å². The van der Waals surface area contributed by atoms with E-state index < -0.39 is 0 Å². The van der Waals surface area contributed by atoms with Crippen molar-refractivity contribution in [2.45, 2.75) is 38.6 Å². The van der Waals surface area contributed by atoms with Gasteiger partial charge in [0, 0.05) is 32.2 Å². The zero-order valence-electron chi connectivity index (χ0n) is 12.4. The Morgan fingerprint density at radius 3 is 2.50 bits per heavy atom. The Kier molecular flexibility index (Phi) is 6.04. The third-order valence-electron chi connectivity index (χ3n) is 4.10. The van der Waals surface area contributed by atoms with Crippen LogP contribution in [0.1, 0.15) is 49.8 Å². The number of nitrogens with zero attached hydrogens (tertiary/aromatic N) is 2. The summed E-state index contributed by atoms with van der Waals surface area (Å²) in [5.74, 6) is 0. The van der Waals surface area contributed by atoms with Crippen molar-refractivity contribution in [2.24, 2.45) is 0 Å². The quantitative estimate of drug-likeness (QED) is 0.808. The molecule has 1 saturated heterocycles. The molecule has 1 N–H and O–H groups in total. The Bertz CT molecular complexity index is 427. The lowest BCUT2D eigenvalue weighted by Gasteiger charge is -2.35. The minimum Gasteiger partial charge on any atom is -0.314 e. The van der Waals surface area contributed by atoms with Crippen LogP contribution in [0.25, 0.3) is 0 Å². The molecular weight excluding hydrogens is 246 g/mol. The van der Waals surface area contributed by atoms with Gasteiger partial charge in [-0.3, -0.25) is 4.90 Å². The lowest BCUT2D eigenvalue weighted by atomic mass is 9.97. The lowest BCUT2D eigenvalue weighted by molar-refractivity contribution is 0.162. The van der Waals surface area contributed by atoms with Gasteiger partial charge in [0.25, 0.3) is 0 Å². The highest BCUT2D eigenvalue weighted by Crippen LogP contribution is 2.27. The van der Waals surface area contributed by atoms with Crippen molar-refractivity contribution in [3.8, 4) is 6.07 Å². The van der Waals surface area contributed by atoms with Gasteiger partial charge in [0.05, 0.1) is 11.6 Å². The summed E-state index contributed by atoms with van der Waals surface area (Å²) in [6, 6.07) is 10.9. The average Bonchev–Trinajstić information content (AvgIpc) is 2.53. The van der Waals surface area contributed by atoms with Gasteiger partial charge in [-0.05, 0) is 24.1 Å². The molecule has 20 heavy (non-hydrogen) atoms. The largest absolute Gasteiger partial charge is 0.314 e. The van der Waals surface area contributed by atoms with Crippen molar-refractivity contribution in [1.82, 2.24) is 10.2 Å². The van der Waals surface area contributed by atoms with Crippen molar-refractivity contribution in [3.05, 3.63) is 35.4 Å². The molecule has 0 amide bonds. The predicted molar refractivity (Wildman–Crippen MR) is 82.5 cm³/mol. The maximum absolute atomic E-state index is 8.92. The maximum Gasteiger partial charge on any atom is 0.0991 e. The highest BCUT2D eigenvalue weighted by molar-refractivity contribution is 5.33. The molecule has 0 radical (unpaired) electrons. The van der Waals surface area contributed by atoms with Gasteiger partial charge in [0.15, 0.2) is 0 Å². The number of hydrogen-bond donors (Lipinski definition) is 1. The van der Waals surface area contributed by atoms with Gasteiger partial charge in [-0.1, -0.05) is 38.3 Å². The second-order valence-electron chi connectivity index (χ2n) is 5.53. The van der Waals surface area contributed by atoms with Crippen molar-refractivity contribution < 1.29 is 0 Å². The van der Waals surface area contributed by atoms with Crippen molar-refractivity contribution in [2.75, 3.05) is 26.2 Å². The number of unbranched alkanes of at least 4 members (excludes halogenated alkanes) is 2. The second kappa shape index (κ2) is 8.04. The normalized spacial score (nSPS) is 17.6. The highest BCUT2D eigenvalue weighted by Gasteiger charge is 2.21. The predicted octanol–water partition coefficient (Wildman–Crippen LogP) is 3.08. The number of nitriles is 1. The first-order chi connectivity index (χ1) is 9.85. The topological polar surface area (TPSA) is 39.1 Å². The average molecular weight is 271 g/mol. The summed E-state index contributed by atoms with van der Waals surface area (Å²) in [6.07, 6.45) is 5.07. The van der Waals surface area contributed by atoms with Crippen LogP contribution in [-0.4, -0.2) is 31.1 Å². The first-order valence-corrected chi connectivity index (χ1v) is 7.80. The van der Waals surface area contributed by atoms with Crippen molar-refractivity contribution in [3.63, 3.8) is 0 Å². The molecule has 1 aromatic carbocycles. The molecule has 1 atom stereocenters. The van der Waals surface area contributed by atoms with Gasteiger partial charge in [0.1, 0.15) is 0 Å². The van der Waals surface area contributed by atoms with Crippen LogP contribution >= 0.6 is 0 Å². The van der Waals surface area contributed by atoms with Gasteiger partial charge >= 0.3 is 0 Å². The number of nitrogens with one attached hydrogen (secondary N) is 1. The second-order valence-corrected chi connectivity index (χ2v) is 5.53. The molecule has 3 heteroatoms. The van der Waals surface area contributed by atoms with E-state index in [-0.39, 0.29) is 0 Å². The Morgan fingerprint density at radius 1 is 1.20 bits per heavy atom. The van der Waals surface area contributed by atoms with Crippen LogP contribution < -0.4 is 5.32 Å². The minimum absolute atomic E-state index is 0.511. The molecule has 0 aromatic heterocycles. The Morgan fingerprint density at radius 2 is 1.90 bits per heavy atom. The van der Waals surface area contributed by atoms with Gasteiger partial charge in [-0.15, -0.1) is 0 Å². The smallest absolute Gasteiger partial charge is 0.0991 e.